The molecule has 0 saturated carbocycles. The molecule has 0 saturated heterocycles. The molecule has 0 aliphatic carbocycles. The molecule has 5 nitrogen and oxygen atoms in total. The van der Waals surface area contributed by atoms with Crippen LogP contribution in [0.25, 0.3) is 0 Å². The Morgan fingerprint density at radius 1 is 1.44 bits per heavy atom. The van der Waals surface area contributed by atoms with Crippen molar-refractivity contribution in [3.63, 3.8) is 0 Å². The first kappa shape index (κ1) is 12.5. The molecule has 0 spiro atoms. The van der Waals surface area contributed by atoms with Gasteiger partial charge in [-0.2, -0.15) is 0 Å². The van der Waals surface area contributed by atoms with Crippen LogP contribution in [0, 0.1) is 6.92 Å². The van der Waals surface area contributed by atoms with Gasteiger partial charge < -0.3 is 10.4 Å². The zero-order chi connectivity index (χ0) is 13.0. The van der Waals surface area contributed by atoms with Crippen LogP contribution >= 0.6 is 11.3 Å². The van der Waals surface area contributed by atoms with Gasteiger partial charge in [-0.1, -0.05) is 23.5 Å². The van der Waals surface area contributed by atoms with Crippen LogP contribution in [0.15, 0.2) is 24.3 Å². The van der Waals surface area contributed by atoms with E-state index < -0.39 is 5.97 Å². The molecule has 1 heterocycles. The fourth-order valence-corrected chi connectivity index (χ4v) is 2.22. The second-order valence-corrected chi connectivity index (χ2v) is 4.95. The Morgan fingerprint density at radius 2 is 2.28 bits per heavy atom. The van der Waals surface area contributed by atoms with E-state index >= 15 is 0 Å². The van der Waals surface area contributed by atoms with E-state index in [2.05, 4.69) is 15.5 Å². The van der Waals surface area contributed by atoms with Gasteiger partial charge in [-0.25, -0.2) is 0 Å². The predicted molar refractivity (Wildman–Crippen MR) is 70.3 cm³/mol. The summed E-state index contributed by atoms with van der Waals surface area (Å²) in [5.41, 5.74) is 2.12. The summed E-state index contributed by atoms with van der Waals surface area (Å²) in [6, 6.07) is 7.94. The van der Waals surface area contributed by atoms with Crippen molar-refractivity contribution in [1.29, 1.82) is 0 Å². The number of aliphatic carboxylic acids is 1. The Hall–Kier alpha value is -1.95. The number of carboxylic acids is 1. The first-order chi connectivity index (χ1) is 8.63. The maximum atomic E-state index is 10.4. The van der Waals surface area contributed by atoms with Crippen LogP contribution in [-0.4, -0.2) is 21.3 Å². The average Bonchev–Trinajstić information content (AvgIpc) is 2.74. The summed E-state index contributed by atoms with van der Waals surface area (Å²) in [7, 11) is 0. The van der Waals surface area contributed by atoms with Gasteiger partial charge >= 0.3 is 5.97 Å². The highest BCUT2D eigenvalue weighted by atomic mass is 32.1. The molecule has 0 aliphatic rings. The molecule has 94 valence electrons. The number of hydrogen-bond donors (Lipinski definition) is 2. The van der Waals surface area contributed by atoms with E-state index in [9.17, 15) is 4.79 Å². The minimum absolute atomic E-state index is 0.0824. The number of benzene rings is 1. The summed E-state index contributed by atoms with van der Waals surface area (Å²) >= 11 is 1.38. The van der Waals surface area contributed by atoms with Crippen molar-refractivity contribution in [2.45, 2.75) is 19.8 Å². The molecule has 0 radical (unpaired) electrons. The van der Waals surface area contributed by atoms with Gasteiger partial charge in [0.05, 0.1) is 6.42 Å². The van der Waals surface area contributed by atoms with Gasteiger partial charge in [0, 0.05) is 12.1 Å². The van der Waals surface area contributed by atoms with Crippen LogP contribution in [0.4, 0.5) is 10.8 Å². The molecule has 0 bridgehead atoms. The number of carboxylic acid groups (broad SMARTS) is 1. The first-order valence-electron chi connectivity index (χ1n) is 5.51. The second kappa shape index (κ2) is 5.59. The van der Waals surface area contributed by atoms with E-state index in [1.165, 1.54) is 11.3 Å². The van der Waals surface area contributed by atoms with Crippen molar-refractivity contribution in [2.75, 3.05) is 5.32 Å². The van der Waals surface area contributed by atoms with Crippen molar-refractivity contribution in [1.82, 2.24) is 10.2 Å². The van der Waals surface area contributed by atoms with Gasteiger partial charge in [-0.05, 0) is 24.6 Å². The van der Waals surface area contributed by atoms with Gasteiger partial charge in [-0.3, -0.25) is 4.79 Å². The van der Waals surface area contributed by atoms with Gasteiger partial charge in [0.1, 0.15) is 5.01 Å². The van der Waals surface area contributed by atoms with Crippen molar-refractivity contribution < 1.29 is 9.90 Å². The molecule has 0 unspecified atom stereocenters. The molecule has 2 rings (SSSR count). The van der Waals surface area contributed by atoms with E-state index in [1.807, 2.05) is 31.2 Å². The summed E-state index contributed by atoms with van der Waals surface area (Å²) < 4.78 is 0. The quantitative estimate of drug-likeness (QED) is 0.867. The minimum Gasteiger partial charge on any atom is -0.481 e. The number of rotatable bonds is 5. The third-order valence-corrected chi connectivity index (χ3v) is 3.19. The molecule has 6 heteroatoms. The Kier molecular flexibility index (Phi) is 3.88. The van der Waals surface area contributed by atoms with Crippen LogP contribution < -0.4 is 5.32 Å². The molecule has 0 atom stereocenters. The topological polar surface area (TPSA) is 75.1 Å². The normalized spacial score (nSPS) is 10.3. The molecule has 2 N–H and O–H groups in total. The van der Waals surface area contributed by atoms with E-state index in [-0.39, 0.29) is 6.42 Å². The highest BCUT2D eigenvalue weighted by Crippen LogP contribution is 2.21. The maximum absolute atomic E-state index is 10.4. The lowest BCUT2D eigenvalue weighted by Gasteiger charge is -2.01. The number of aryl methyl sites for hydroxylation is 2. The molecule has 2 aromatic rings. The standard InChI is InChI=1S/C12H13N3O2S/c1-8-3-2-4-9(7-8)13-12-15-14-10(18-12)5-6-11(16)17/h2-4,7H,5-6H2,1H3,(H,13,15)(H,16,17). The van der Waals surface area contributed by atoms with Crippen LogP contribution in [0.3, 0.4) is 0 Å². The number of nitrogens with one attached hydrogen (secondary N) is 1. The zero-order valence-electron chi connectivity index (χ0n) is 9.88. The fraction of sp³-hybridized carbons (Fsp3) is 0.250. The van der Waals surface area contributed by atoms with Gasteiger partial charge in [-0.15, -0.1) is 10.2 Å². The van der Waals surface area contributed by atoms with Crippen LogP contribution in [-0.2, 0) is 11.2 Å². The lowest BCUT2D eigenvalue weighted by molar-refractivity contribution is -0.136. The number of anilines is 2. The van der Waals surface area contributed by atoms with Gasteiger partial charge in [0.25, 0.3) is 0 Å². The molecule has 0 fully saturated rings. The Balaban J connectivity index is 2.00. The molecule has 0 amide bonds. The Morgan fingerprint density at radius 3 is 3.00 bits per heavy atom. The summed E-state index contributed by atoms with van der Waals surface area (Å²) in [6.07, 6.45) is 0.502. The van der Waals surface area contributed by atoms with E-state index in [4.69, 9.17) is 5.11 Å². The second-order valence-electron chi connectivity index (χ2n) is 3.89. The van der Waals surface area contributed by atoms with E-state index in [1.54, 1.807) is 0 Å². The van der Waals surface area contributed by atoms with Gasteiger partial charge in [0.15, 0.2) is 0 Å². The van der Waals surface area contributed by atoms with E-state index in [0.717, 1.165) is 16.3 Å². The minimum atomic E-state index is -0.821. The summed E-state index contributed by atoms with van der Waals surface area (Å²) in [4.78, 5) is 10.4. The third kappa shape index (κ3) is 3.53. The molecule has 1 aromatic heterocycles. The predicted octanol–water partition coefficient (Wildman–Crippen LogP) is 2.61. The number of nitrogens with zero attached hydrogens (tertiary/aromatic N) is 2. The number of aromatic nitrogens is 2. The monoisotopic (exact) mass is 263 g/mol. The Labute approximate surface area is 109 Å². The van der Waals surface area contributed by atoms with Crippen LogP contribution in [0.1, 0.15) is 17.0 Å². The highest BCUT2D eigenvalue weighted by Gasteiger charge is 2.06. The smallest absolute Gasteiger partial charge is 0.303 e. The van der Waals surface area contributed by atoms with Crippen molar-refractivity contribution in [3.05, 3.63) is 34.8 Å². The fourth-order valence-electron chi connectivity index (χ4n) is 1.47. The SMILES string of the molecule is Cc1cccc(Nc2nnc(CCC(=O)O)s2)c1. The number of hydrogen-bond acceptors (Lipinski definition) is 5. The summed E-state index contributed by atoms with van der Waals surface area (Å²) in [5.74, 6) is -0.821. The lowest BCUT2D eigenvalue weighted by atomic mass is 10.2. The zero-order valence-corrected chi connectivity index (χ0v) is 10.7. The average molecular weight is 263 g/mol. The number of carbonyl (C=O) groups is 1. The molecule has 18 heavy (non-hydrogen) atoms. The van der Waals surface area contributed by atoms with E-state index in [0.29, 0.717) is 11.6 Å². The van der Waals surface area contributed by atoms with Crippen LogP contribution in [0.2, 0.25) is 0 Å². The third-order valence-electron chi connectivity index (χ3n) is 2.29. The lowest BCUT2D eigenvalue weighted by Crippen LogP contribution is -1.96. The van der Waals surface area contributed by atoms with Crippen molar-refractivity contribution in [3.8, 4) is 0 Å². The van der Waals surface area contributed by atoms with Crippen molar-refractivity contribution in [2.24, 2.45) is 0 Å². The first-order valence-corrected chi connectivity index (χ1v) is 6.33. The highest BCUT2D eigenvalue weighted by molar-refractivity contribution is 7.15. The van der Waals surface area contributed by atoms with Crippen LogP contribution in [0.5, 0.6) is 0 Å². The molecule has 0 aliphatic heterocycles. The maximum Gasteiger partial charge on any atom is 0.303 e. The summed E-state index contributed by atoms with van der Waals surface area (Å²) in [6.45, 7) is 2.02. The molecule has 1 aromatic carbocycles. The van der Waals surface area contributed by atoms with Crippen molar-refractivity contribution >= 4 is 28.1 Å². The largest absolute Gasteiger partial charge is 0.481 e. The summed E-state index contributed by atoms with van der Waals surface area (Å²) in [5, 5.41) is 21.1. The van der Waals surface area contributed by atoms with Gasteiger partial charge in [0.2, 0.25) is 5.13 Å². The molecular weight excluding hydrogens is 250 g/mol. The molecular formula is C12H13N3O2S. The Bertz CT molecular complexity index is 554.